The van der Waals surface area contributed by atoms with Crippen molar-refractivity contribution in [1.82, 2.24) is 10.6 Å². The van der Waals surface area contributed by atoms with Gasteiger partial charge in [0.15, 0.2) is 0 Å². The van der Waals surface area contributed by atoms with Crippen LogP contribution in [0.1, 0.15) is 18.1 Å². The summed E-state index contributed by atoms with van der Waals surface area (Å²) in [6, 6.07) is 7.28. The van der Waals surface area contributed by atoms with Crippen LogP contribution in [-0.2, 0) is 11.3 Å². The molecule has 1 aromatic carbocycles. The molecule has 0 saturated carbocycles. The molecule has 94 valence electrons. The predicted molar refractivity (Wildman–Crippen MR) is 63.6 cm³/mol. The van der Waals surface area contributed by atoms with Crippen LogP contribution in [0.2, 0.25) is 0 Å². The Morgan fingerprint density at radius 1 is 1.50 bits per heavy atom. The summed E-state index contributed by atoms with van der Waals surface area (Å²) >= 11 is 0. The summed E-state index contributed by atoms with van der Waals surface area (Å²) in [4.78, 5) is 21.8. The molecule has 0 spiro atoms. The number of amides is 2. The van der Waals surface area contributed by atoms with Crippen molar-refractivity contribution in [2.75, 3.05) is 0 Å². The number of nitriles is 1. The average Bonchev–Trinajstić information content (AvgIpc) is 2.36. The molecule has 1 rings (SSSR count). The number of carbonyl (C=O) groups is 2. The van der Waals surface area contributed by atoms with E-state index in [9.17, 15) is 9.59 Å². The standard InChI is InChI=1S/C12H13N3O3/c1-8(11(16)17)15-12(18)14-7-10-4-2-3-9(5-10)6-13/h2-5,8H,7H2,1H3,(H,16,17)(H2,14,15,18). The van der Waals surface area contributed by atoms with Gasteiger partial charge in [0.25, 0.3) is 0 Å². The van der Waals surface area contributed by atoms with Crippen molar-refractivity contribution in [3.63, 3.8) is 0 Å². The number of nitrogens with zero attached hydrogens (tertiary/aromatic N) is 1. The highest BCUT2D eigenvalue weighted by Gasteiger charge is 2.13. The van der Waals surface area contributed by atoms with Crippen LogP contribution in [0.15, 0.2) is 24.3 Å². The van der Waals surface area contributed by atoms with E-state index < -0.39 is 18.0 Å². The molecule has 18 heavy (non-hydrogen) atoms. The van der Waals surface area contributed by atoms with Crippen LogP contribution in [-0.4, -0.2) is 23.1 Å². The minimum absolute atomic E-state index is 0.230. The summed E-state index contributed by atoms with van der Waals surface area (Å²) in [6.07, 6.45) is 0. The van der Waals surface area contributed by atoms with E-state index in [1.165, 1.54) is 6.92 Å². The number of carboxylic acid groups (broad SMARTS) is 1. The quantitative estimate of drug-likeness (QED) is 0.733. The van der Waals surface area contributed by atoms with Crippen LogP contribution in [0.5, 0.6) is 0 Å². The first-order valence-electron chi connectivity index (χ1n) is 5.29. The number of nitrogens with one attached hydrogen (secondary N) is 2. The molecule has 1 unspecified atom stereocenters. The second-order valence-corrected chi connectivity index (χ2v) is 3.70. The second kappa shape index (κ2) is 6.25. The number of hydrogen-bond acceptors (Lipinski definition) is 3. The molecular formula is C12H13N3O3. The van der Waals surface area contributed by atoms with Gasteiger partial charge in [-0.1, -0.05) is 12.1 Å². The van der Waals surface area contributed by atoms with Gasteiger partial charge in [-0.15, -0.1) is 0 Å². The molecule has 0 fully saturated rings. The predicted octanol–water partition coefficient (Wildman–Crippen LogP) is 0.831. The van der Waals surface area contributed by atoms with Gasteiger partial charge in [0.2, 0.25) is 0 Å². The lowest BCUT2D eigenvalue weighted by molar-refractivity contribution is -0.138. The SMILES string of the molecule is CC(NC(=O)NCc1cccc(C#N)c1)C(=O)O. The van der Waals surface area contributed by atoms with E-state index in [-0.39, 0.29) is 6.54 Å². The minimum Gasteiger partial charge on any atom is -0.480 e. The molecule has 0 heterocycles. The molecule has 0 aliphatic heterocycles. The Bertz CT molecular complexity index is 494. The first-order valence-corrected chi connectivity index (χ1v) is 5.29. The van der Waals surface area contributed by atoms with Gasteiger partial charge in [0.05, 0.1) is 11.6 Å². The van der Waals surface area contributed by atoms with Crippen LogP contribution in [0, 0.1) is 11.3 Å². The Labute approximate surface area is 104 Å². The molecule has 0 aliphatic rings. The van der Waals surface area contributed by atoms with Gasteiger partial charge in [0, 0.05) is 6.54 Å². The number of benzene rings is 1. The lowest BCUT2D eigenvalue weighted by Crippen LogP contribution is -2.44. The normalized spacial score (nSPS) is 11.1. The summed E-state index contributed by atoms with van der Waals surface area (Å²) in [6.45, 7) is 1.60. The van der Waals surface area contributed by atoms with E-state index in [2.05, 4.69) is 10.6 Å². The highest BCUT2D eigenvalue weighted by molar-refractivity contribution is 5.82. The number of aliphatic carboxylic acids is 1. The van der Waals surface area contributed by atoms with Crippen molar-refractivity contribution < 1.29 is 14.7 Å². The topological polar surface area (TPSA) is 102 Å². The first kappa shape index (κ1) is 13.5. The fourth-order valence-corrected chi connectivity index (χ4v) is 1.24. The number of rotatable bonds is 4. The molecule has 0 saturated heterocycles. The van der Waals surface area contributed by atoms with Gasteiger partial charge >= 0.3 is 12.0 Å². The Balaban J connectivity index is 2.47. The summed E-state index contributed by atoms with van der Waals surface area (Å²) < 4.78 is 0. The Morgan fingerprint density at radius 3 is 2.83 bits per heavy atom. The zero-order valence-corrected chi connectivity index (χ0v) is 9.80. The van der Waals surface area contributed by atoms with Gasteiger partial charge in [-0.2, -0.15) is 5.26 Å². The van der Waals surface area contributed by atoms with Crippen molar-refractivity contribution in [2.45, 2.75) is 19.5 Å². The van der Waals surface area contributed by atoms with Crippen LogP contribution in [0.4, 0.5) is 4.79 Å². The number of urea groups is 1. The highest BCUT2D eigenvalue weighted by atomic mass is 16.4. The van der Waals surface area contributed by atoms with E-state index in [4.69, 9.17) is 10.4 Å². The number of carboxylic acids is 1. The zero-order chi connectivity index (χ0) is 13.5. The van der Waals surface area contributed by atoms with Crippen molar-refractivity contribution >= 4 is 12.0 Å². The highest BCUT2D eigenvalue weighted by Crippen LogP contribution is 2.03. The lowest BCUT2D eigenvalue weighted by atomic mass is 10.1. The maximum atomic E-state index is 11.3. The molecule has 0 bridgehead atoms. The second-order valence-electron chi connectivity index (χ2n) is 3.70. The third kappa shape index (κ3) is 4.14. The molecule has 1 atom stereocenters. The smallest absolute Gasteiger partial charge is 0.325 e. The third-order valence-electron chi connectivity index (χ3n) is 2.23. The van der Waals surface area contributed by atoms with Gasteiger partial charge in [-0.3, -0.25) is 4.79 Å². The largest absolute Gasteiger partial charge is 0.480 e. The van der Waals surface area contributed by atoms with Crippen molar-refractivity contribution in [3.8, 4) is 6.07 Å². The summed E-state index contributed by atoms with van der Waals surface area (Å²) in [5.41, 5.74) is 1.28. The Morgan fingerprint density at radius 2 is 2.22 bits per heavy atom. The van der Waals surface area contributed by atoms with Crippen molar-refractivity contribution in [3.05, 3.63) is 35.4 Å². The Kier molecular flexibility index (Phi) is 4.69. The number of hydrogen-bond donors (Lipinski definition) is 3. The maximum absolute atomic E-state index is 11.3. The fraction of sp³-hybridized carbons (Fsp3) is 0.250. The number of carbonyl (C=O) groups excluding carboxylic acids is 1. The summed E-state index contributed by atoms with van der Waals surface area (Å²) in [5.74, 6) is -1.10. The lowest BCUT2D eigenvalue weighted by Gasteiger charge is -2.10. The van der Waals surface area contributed by atoms with Gasteiger partial charge in [0.1, 0.15) is 6.04 Å². The molecule has 6 heteroatoms. The minimum atomic E-state index is -1.10. The third-order valence-corrected chi connectivity index (χ3v) is 2.23. The van der Waals surface area contributed by atoms with Crippen LogP contribution in [0.25, 0.3) is 0 Å². The molecule has 0 aromatic heterocycles. The summed E-state index contributed by atoms with van der Waals surface area (Å²) in [7, 11) is 0. The molecule has 3 N–H and O–H groups in total. The molecule has 0 aliphatic carbocycles. The average molecular weight is 247 g/mol. The van der Waals surface area contributed by atoms with E-state index in [1.54, 1.807) is 24.3 Å². The molecule has 1 aromatic rings. The van der Waals surface area contributed by atoms with E-state index in [0.29, 0.717) is 5.56 Å². The van der Waals surface area contributed by atoms with E-state index >= 15 is 0 Å². The van der Waals surface area contributed by atoms with Crippen LogP contribution < -0.4 is 10.6 Å². The first-order chi connectivity index (χ1) is 8.52. The van der Waals surface area contributed by atoms with Gasteiger partial charge < -0.3 is 15.7 Å². The molecular weight excluding hydrogens is 234 g/mol. The molecule has 2 amide bonds. The van der Waals surface area contributed by atoms with E-state index in [0.717, 1.165) is 5.56 Å². The summed E-state index contributed by atoms with van der Waals surface area (Å²) in [5, 5.41) is 22.1. The van der Waals surface area contributed by atoms with Gasteiger partial charge in [-0.25, -0.2) is 4.79 Å². The zero-order valence-electron chi connectivity index (χ0n) is 9.80. The van der Waals surface area contributed by atoms with Crippen molar-refractivity contribution in [1.29, 1.82) is 5.26 Å². The molecule has 6 nitrogen and oxygen atoms in total. The Hall–Kier alpha value is -2.55. The fourth-order valence-electron chi connectivity index (χ4n) is 1.24. The maximum Gasteiger partial charge on any atom is 0.325 e. The van der Waals surface area contributed by atoms with Crippen LogP contribution in [0.3, 0.4) is 0 Å². The monoisotopic (exact) mass is 247 g/mol. The molecule has 0 radical (unpaired) electrons. The van der Waals surface area contributed by atoms with Gasteiger partial charge in [-0.05, 0) is 24.6 Å². The van der Waals surface area contributed by atoms with Crippen LogP contribution >= 0.6 is 0 Å². The van der Waals surface area contributed by atoms with Crippen molar-refractivity contribution in [2.24, 2.45) is 0 Å². The van der Waals surface area contributed by atoms with E-state index in [1.807, 2.05) is 6.07 Å².